The molecule has 0 aromatic rings. The maximum Gasteiger partial charge on any atom is 0.0585 e. The minimum Gasteiger partial charge on any atom is -0.103 e. The molecule has 29 heavy (non-hydrogen) atoms. The lowest BCUT2D eigenvalue weighted by Crippen LogP contribution is -2.47. The van der Waals surface area contributed by atoms with Gasteiger partial charge in [0.15, 0.2) is 0 Å². The van der Waals surface area contributed by atoms with Gasteiger partial charge < -0.3 is 0 Å². The second-order valence-electron chi connectivity index (χ2n) is 10.3. The zero-order chi connectivity index (χ0) is 19.8. The first-order valence-corrected chi connectivity index (χ1v) is 14.8. The lowest BCUT2D eigenvalue weighted by Gasteiger charge is -2.47. The molecule has 0 bridgehead atoms. The van der Waals surface area contributed by atoms with Gasteiger partial charge in [-0.2, -0.15) is 0 Å². The zero-order valence-corrected chi connectivity index (χ0v) is 18.9. The third-order valence-corrected chi connectivity index (χ3v) is 15.1. The molecule has 5 aliphatic carbocycles. The molecule has 0 heterocycles. The van der Waals surface area contributed by atoms with Gasteiger partial charge in [-0.1, -0.05) is 104 Å². The van der Waals surface area contributed by atoms with E-state index in [1.54, 1.807) is 0 Å². The number of hydrogen-bond donors (Lipinski definition) is 0. The van der Waals surface area contributed by atoms with Crippen LogP contribution in [0.15, 0.2) is 85.6 Å². The van der Waals surface area contributed by atoms with Gasteiger partial charge in [-0.15, -0.1) is 6.58 Å². The summed E-state index contributed by atoms with van der Waals surface area (Å²) in [5, 5.41) is 0. The number of rotatable bonds is 6. The van der Waals surface area contributed by atoms with Crippen molar-refractivity contribution in [3.8, 4) is 0 Å². The molecule has 5 aliphatic rings. The number of unbranched alkanes of at least 4 members (excludes halogenated alkanes) is 1. The first kappa shape index (κ1) is 19.4. The summed E-state index contributed by atoms with van der Waals surface area (Å²) in [5.74, 6) is 4.50. The summed E-state index contributed by atoms with van der Waals surface area (Å²) >= 11 is 0. The van der Waals surface area contributed by atoms with E-state index in [4.69, 9.17) is 0 Å². The van der Waals surface area contributed by atoms with E-state index < -0.39 is 8.07 Å². The SMILES string of the molecule is C=CCCC[Si](C)(C1CCC2C=CC=CC21)C1C2C=CC=CC2C2C=CC=CC21. The fourth-order valence-electron chi connectivity index (χ4n) is 7.86. The molecule has 152 valence electrons. The van der Waals surface area contributed by atoms with Crippen molar-refractivity contribution >= 4 is 8.07 Å². The van der Waals surface area contributed by atoms with Crippen LogP contribution >= 0.6 is 0 Å². The van der Waals surface area contributed by atoms with Crippen molar-refractivity contribution in [3.05, 3.63) is 85.6 Å². The van der Waals surface area contributed by atoms with E-state index in [2.05, 4.69) is 92.1 Å². The normalized spacial score (nSPS) is 43.1. The molecule has 0 spiro atoms. The molecule has 1 heteroatoms. The van der Waals surface area contributed by atoms with E-state index >= 15 is 0 Å². The predicted molar refractivity (Wildman–Crippen MR) is 128 cm³/mol. The quantitative estimate of drug-likeness (QED) is 0.244. The molecule has 8 atom stereocenters. The lowest BCUT2D eigenvalue weighted by atomic mass is 9.83. The summed E-state index contributed by atoms with van der Waals surface area (Å²) < 4.78 is 0. The first-order valence-electron chi connectivity index (χ1n) is 11.9. The van der Waals surface area contributed by atoms with Crippen LogP contribution in [-0.4, -0.2) is 8.07 Å². The van der Waals surface area contributed by atoms with Gasteiger partial charge in [-0.05, 0) is 59.4 Å². The largest absolute Gasteiger partial charge is 0.103 e. The third-order valence-electron chi connectivity index (χ3n) is 9.02. The summed E-state index contributed by atoms with van der Waals surface area (Å²) in [6.45, 7) is 6.84. The molecule has 2 fully saturated rings. The molecule has 5 rings (SSSR count). The molecule has 0 N–H and O–H groups in total. The van der Waals surface area contributed by atoms with Gasteiger partial charge >= 0.3 is 0 Å². The Hall–Kier alpha value is -1.60. The van der Waals surface area contributed by atoms with Crippen LogP contribution in [-0.2, 0) is 0 Å². The Balaban J connectivity index is 1.54. The number of hydrogen-bond acceptors (Lipinski definition) is 0. The van der Waals surface area contributed by atoms with Gasteiger partial charge in [-0.3, -0.25) is 0 Å². The summed E-state index contributed by atoms with van der Waals surface area (Å²) in [6.07, 6.45) is 36.8. The van der Waals surface area contributed by atoms with Crippen molar-refractivity contribution < 1.29 is 0 Å². The smallest absolute Gasteiger partial charge is 0.0585 e. The number of allylic oxidation sites excluding steroid dienone is 13. The van der Waals surface area contributed by atoms with Gasteiger partial charge in [0, 0.05) is 0 Å². The van der Waals surface area contributed by atoms with E-state index in [1.807, 2.05) is 0 Å². The average Bonchev–Trinajstić information content (AvgIpc) is 3.34. The Morgan fingerprint density at radius 1 is 0.759 bits per heavy atom. The fourth-order valence-corrected chi connectivity index (χ4v) is 14.5. The van der Waals surface area contributed by atoms with Crippen molar-refractivity contribution in [3.63, 3.8) is 0 Å². The zero-order valence-electron chi connectivity index (χ0n) is 17.9. The van der Waals surface area contributed by atoms with E-state index in [1.165, 1.54) is 31.7 Å². The maximum absolute atomic E-state index is 4.03. The van der Waals surface area contributed by atoms with Crippen LogP contribution in [0.5, 0.6) is 0 Å². The molecule has 0 aromatic carbocycles. The summed E-state index contributed by atoms with van der Waals surface area (Å²) in [5.41, 5.74) is 1.80. The van der Waals surface area contributed by atoms with E-state index in [0.29, 0.717) is 11.8 Å². The van der Waals surface area contributed by atoms with Gasteiger partial charge in [0.1, 0.15) is 0 Å². The molecule has 0 aliphatic heterocycles. The highest BCUT2D eigenvalue weighted by Crippen LogP contribution is 2.64. The third kappa shape index (κ3) is 3.17. The number of fused-ring (bicyclic) bond motifs is 4. The van der Waals surface area contributed by atoms with Gasteiger partial charge in [-0.25, -0.2) is 0 Å². The minimum atomic E-state index is -1.55. The van der Waals surface area contributed by atoms with Crippen molar-refractivity contribution in [1.82, 2.24) is 0 Å². The Labute approximate surface area is 178 Å². The highest BCUT2D eigenvalue weighted by Gasteiger charge is 2.59. The van der Waals surface area contributed by atoms with Crippen LogP contribution in [0.3, 0.4) is 0 Å². The molecule has 0 nitrogen and oxygen atoms in total. The second-order valence-corrected chi connectivity index (χ2v) is 15.2. The highest BCUT2D eigenvalue weighted by atomic mass is 28.3. The molecule has 0 saturated heterocycles. The van der Waals surface area contributed by atoms with Gasteiger partial charge in [0.05, 0.1) is 8.07 Å². The van der Waals surface area contributed by atoms with Crippen LogP contribution < -0.4 is 0 Å². The van der Waals surface area contributed by atoms with Crippen molar-refractivity contribution in [2.45, 2.75) is 49.4 Å². The average molecular weight is 401 g/mol. The van der Waals surface area contributed by atoms with Crippen LogP contribution in [0.25, 0.3) is 0 Å². The van der Waals surface area contributed by atoms with Crippen LogP contribution in [0.4, 0.5) is 0 Å². The van der Waals surface area contributed by atoms with Crippen LogP contribution in [0, 0.1) is 35.5 Å². The molecular formula is C28H36Si. The van der Waals surface area contributed by atoms with Gasteiger partial charge in [0.2, 0.25) is 0 Å². The maximum atomic E-state index is 4.03. The lowest BCUT2D eigenvalue weighted by molar-refractivity contribution is 0.461. The molecule has 0 aromatic heterocycles. The molecular weight excluding hydrogens is 364 g/mol. The fraction of sp³-hybridized carbons (Fsp3) is 0.500. The van der Waals surface area contributed by atoms with E-state index in [-0.39, 0.29) is 0 Å². The molecule has 8 unspecified atom stereocenters. The van der Waals surface area contributed by atoms with Crippen molar-refractivity contribution in [2.75, 3.05) is 0 Å². The minimum absolute atomic E-state index is 0.710. The molecule has 0 radical (unpaired) electrons. The first-order chi connectivity index (χ1) is 14.2. The topological polar surface area (TPSA) is 0 Å². The summed E-state index contributed by atoms with van der Waals surface area (Å²) in [7, 11) is -1.55. The molecule has 0 amide bonds. The van der Waals surface area contributed by atoms with Crippen molar-refractivity contribution in [2.24, 2.45) is 35.5 Å². The predicted octanol–water partition coefficient (Wildman–Crippen LogP) is 7.65. The monoisotopic (exact) mass is 400 g/mol. The summed E-state index contributed by atoms with van der Waals surface area (Å²) in [6, 6.07) is 1.47. The second kappa shape index (κ2) is 7.91. The van der Waals surface area contributed by atoms with E-state index in [0.717, 1.165) is 34.8 Å². The summed E-state index contributed by atoms with van der Waals surface area (Å²) in [4.78, 5) is 0. The Morgan fingerprint density at radius 2 is 1.31 bits per heavy atom. The Bertz CT molecular complexity index is 774. The highest BCUT2D eigenvalue weighted by molar-refractivity contribution is 6.81. The van der Waals surface area contributed by atoms with Crippen LogP contribution in [0.1, 0.15) is 25.7 Å². The Morgan fingerprint density at radius 3 is 1.93 bits per heavy atom. The Kier molecular flexibility index (Phi) is 5.28. The van der Waals surface area contributed by atoms with Crippen LogP contribution in [0.2, 0.25) is 23.7 Å². The molecule has 2 saturated carbocycles. The standard InChI is InChI=1S/C28H36Si/c1-3-4-11-20-29(2,27-19-18-21-12-5-6-13-22(21)27)28-25-16-9-7-14-23(25)24-15-8-10-17-26(24)28/h3,5-10,12-17,21-28H,1,4,11,18-20H2,2H3. The van der Waals surface area contributed by atoms with Gasteiger partial charge in [0.25, 0.3) is 0 Å². The van der Waals surface area contributed by atoms with E-state index in [9.17, 15) is 0 Å². The van der Waals surface area contributed by atoms with Crippen molar-refractivity contribution in [1.29, 1.82) is 0 Å².